The lowest BCUT2D eigenvalue weighted by Crippen LogP contribution is -2.27. The van der Waals surface area contributed by atoms with E-state index in [1.165, 1.54) is 6.92 Å². The summed E-state index contributed by atoms with van der Waals surface area (Å²) < 4.78 is 0. The number of hydrogen-bond acceptors (Lipinski definition) is 2. The molecule has 3 heteroatoms. The van der Waals surface area contributed by atoms with Gasteiger partial charge in [-0.2, -0.15) is 0 Å². The lowest BCUT2D eigenvalue weighted by Gasteiger charge is -2.25. The number of benzene rings is 2. The van der Waals surface area contributed by atoms with Crippen LogP contribution in [0, 0.1) is 0 Å². The summed E-state index contributed by atoms with van der Waals surface area (Å²) in [5, 5.41) is 12.1. The molecule has 0 spiro atoms. The molecule has 2 aromatic carbocycles. The molecule has 1 unspecified atom stereocenters. The van der Waals surface area contributed by atoms with Gasteiger partial charge >= 0.3 is 0 Å². The van der Waals surface area contributed by atoms with Gasteiger partial charge in [0.15, 0.2) is 0 Å². The number of rotatable bonds is 2. The van der Waals surface area contributed by atoms with Crippen LogP contribution in [0.2, 0.25) is 0 Å². The molecule has 0 aliphatic rings. The Kier molecular flexibility index (Phi) is 3.24. The summed E-state index contributed by atoms with van der Waals surface area (Å²) >= 11 is 0. The van der Waals surface area contributed by atoms with Gasteiger partial charge in [-0.3, -0.25) is 4.79 Å². The van der Waals surface area contributed by atoms with Crippen LogP contribution in [0.4, 0.5) is 0 Å². The third-order valence-electron chi connectivity index (χ3n) is 3.44. The van der Waals surface area contributed by atoms with Gasteiger partial charge in [0.25, 0.3) is 0 Å². The smallest absolute Gasteiger partial charge is 0.219 e. The number of phenolic OH excluding ortho intramolecular Hbond substituents is 1. The number of aromatic hydroxyl groups is 1. The first-order chi connectivity index (χ1) is 8.52. The number of fused-ring (bicyclic) bond motifs is 1. The Morgan fingerprint density at radius 2 is 1.89 bits per heavy atom. The fourth-order valence-corrected chi connectivity index (χ4v) is 2.19. The second-order valence-electron chi connectivity index (χ2n) is 4.53. The molecule has 0 saturated carbocycles. The van der Waals surface area contributed by atoms with E-state index in [4.69, 9.17) is 0 Å². The van der Waals surface area contributed by atoms with Crippen molar-refractivity contribution < 1.29 is 9.90 Å². The van der Waals surface area contributed by atoms with Crippen LogP contribution >= 0.6 is 0 Å². The number of hydrogen-bond donors (Lipinski definition) is 1. The molecule has 1 atom stereocenters. The largest absolute Gasteiger partial charge is 0.508 e. The fraction of sp³-hybridized carbons (Fsp3) is 0.267. The van der Waals surface area contributed by atoms with Crippen LogP contribution in [-0.4, -0.2) is 23.0 Å². The van der Waals surface area contributed by atoms with E-state index < -0.39 is 0 Å². The molecule has 0 fully saturated rings. The highest BCUT2D eigenvalue weighted by Crippen LogP contribution is 2.34. The van der Waals surface area contributed by atoms with Gasteiger partial charge in [-0.25, -0.2) is 0 Å². The number of carbonyl (C=O) groups is 1. The topological polar surface area (TPSA) is 40.5 Å². The maximum Gasteiger partial charge on any atom is 0.219 e. The molecular weight excluding hydrogens is 226 g/mol. The normalized spacial score (nSPS) is 12.4. The molecule has 0 bridgehead atoms. The van der Waals surface area contributed by atoms with Crippen LogP contribution in [0.3, 0.4) is 0 Å². The van der Waals surface area contributed by atoms with Crippen molar-refractivity contribution in [1.29, 1.82) is 0 Å². The number of carbonyl (C=O) groups excluding carboxylic acids is 1. The Hall–Kier alpha value is -2.03. The van der Waals surface area contributed by atoms with Gasteiger partial charge in [-0.05, 0) is 23.8 Å². The number of phenols is 1. The van der Waals surface area contributed by atoms with Crippen molar-refractivity contribution in [1.82, 2.24) is 4.90 Å². The van der Waals surface area contributed by atoms with Crippen molar-refractivity contribution in [3.05, 3.63) is 42.0 Å². The highest BCUT2D eigenvalue weighted by Gasteiger charge is 2.19. The molecule has 1 N–H and O–H groups in total. The molecule has 0 heterocycles. The zero-order chi connectivity index (χ0) is 13.3. The van der Waals surface area contributed by atoms with Crippen molar-refractivity contribution >= 4 is 16.7 Å². The van der Waals surface area contributed by atoms with E-state index in [0.29, 0.717) is 0 Å². The van der Waals surface area contributed by atoms with Gasteiger partial charge in [0.1, 0.15) is 5.75 Å². The van der Waals surface area contributed by atoms with E-state index in [-0.39, 0.29) is 17.7 Å². The minimum atomic E-state index is -0.159. The quantitative estimate of drug-likeness (QED) is 0.880. The molecule has 1 amide bonds. The Bertz CT molecular complexity index is 592. The predicted molar refractivity (Wildman–Crippen MR) is 72.5 cm³/mol. The SMILES string of the molecule is CC(=O)N(C)C(C)c1c(O)ccc2ccccc12. The summed E-state index contributed by atoms with van der Waals surface area (Å²) in [6.45, 7) is 3.45. The van der Waals surface area contributed by atoms with E-state index in [2.05, 4.69) is 0 Å². The van der Waals surface area contributed by atoms with E-state index in [9.17, 15) is 9.90 Å². The van der Waals surface area contributed by atoms with Crippen LogP contribution in [0.25, 0.3) is 10.8 Å². The molecule has 2 rings (SSSR count). The van der Waals surface area contributed by atoms with Gasteiger partial charge < -0.3 is 10.0 Å². The summed E-state index contributed by atoms with van der Waals surface area (Å²) in [4.78, 5) is 13.1. The molecule has 94 valence electrons. The van der Waals surface area contributed by atoms with Gasteiger partial charge in [0.2, 0.25) is 5.91 Å². The van der Waals surface area contributed by atoms with Crippen molar-refractivity contribution in [3.8, 4) is 5.75 Å². The standard InChI is InChI=1S/C15H17NO2/c1-10(16(3)11(2)17)15-13-7-5-4-6-12(13)8-9-14(15)18/h4-10,18H,1-3H3. The lowest BCUT2D eigenvalue weighted by atomic mass is 9.98. The summed E-state index contributed by atoms with van der Waals surface area (Å²) in [5.41, 5.74) is 0.797. The summed E-state index contributed by atoms with van der Waals surface area (Å²) in [5.74, 6) is 0.212. The monoisotopic (exact) mass is 243 g/mol. The first-order valence-electron chi connectivity index (χ1n) is 5.96. The minimum Gasteiger partial charge on any atom is -0.508 e. The zero-order valence-electron chi connectivity index (χ0n) is 10.8. The van der Waals surface area contributed by atoms with Gasteiger partial charge in [-0.15, -0.1) is 0 Å². The third-order valence-corrected chi connectivity index (χ3v) is 3.44. The molecule has 0 radical (unpaired) electrons. The van der Waals surface area contributed by atoms with Crippen LogP contribution in [0.15, 0.2) is 36.4 Å². The number of amides is 1. The van der Waals surface area contributed by atoms with Crippen molar-refractivity contribution in [3.63, 3.8) is 0 Å². The van der Waals surface area contributed by atoms with E-state index in [1.807, 2.05) is 37.3 Å². The third kappa shape index (κ3) is 2.04. The summed E-state index contributed by atoms with van der Waals surface area (Å²) in [7, 11) is 1.74. The highest BCUT2D eigenvalue weighted by atomic mass is 16.3. The zero-order valence-corrected chi connectivity index (χ0v) is 10.8. The van der Waals surface area contributed by atoms with Gasteiger partial charge in [0.05, 0.1) is 6.04 Å². The first-order valence-corrected chi connectivity index (χ1v) is 5.96. The molecule has 2 aromatic rings. The van der Waals surface area contributed by atoms with Crippen LogP contribution in [-0.2, 0) is 4.79 Å². The van der Waals surface area contributed by atoms with Gasteiger partial charge in [0, 0.05) is 19.5 Å². The van der Waals surface area contributed by atoms with Crippen molar-refractivity contribution in [2.24, 2.45) is 0 Å². The molecule has 3 nitrogen and oxygen atoms in total. The second-order valence-corrected chi connectivity index (χ2v) is 4.53. The van der Waals surface area contributed by atoms with Crippen molar-refractivity contribution in [2.75, 3.05) is 7.05 Å². The van der Waals surface area contributed by atoms with Crippen LogP contribution < -0.4 is 0 Å². The predicted octanol–water partition coefficient (Wildman–Crippen LogP) is 3.08. The molecular formula is C15H17NO2. The van der Waals surface area contributed by atoms with Gasteiger partial charge in [-0.1, -0.05) is 30.3 Å². The molecule has 18 heavy (non-hydrogen) atoms. The van der Waals surface area contributed by atoms with Crippen LogP contribution in [0.1, 0.15) is 25.5 Å². The fourth-order valence-electron chi connectivity index (χ4n) is 2.19. The maximum absolute atomic E-state index is 11.5. The molecule has 0 aliphatic carbocycles. The Labute approximate surface area is 107 Å². The second kappa shape index (κ2) is 4.69. The lowest BCUT2D eigenvalue weighted by molar-refractivity contribution is -0.129. The van der Waals surface area contributed by atoms with Crippen molar-refractivity contribution in [2.45, 2.75) is 19.9 Å². The highest BCUT2D eigenvalue weighted by molar-refractivity contribution is 5.88. The van der Waals surface area contributed by atoms with E-state index >= 15 is 0 Å². The maximum atomic E-state index is 11.5. The molecule has 0 aliphatic heterocycles. The first kappa shape index (κ1) is 12.4. The average Bonchev–Trinajstić information content (AvgIpc) is 2.37. The summed E-state index contributed by atoms with van der Waals surface area (Å²) in [6.07, 6.45) is 0. The summed E-state index contributed by atoms with van der Waals surface area (Å²) in [6, 6.07) is 11.3. The number of nitrogens with zero attached hydrogens (tertiary/aromatic N) is 1. The van der Waals surface area contributed by atoms with E-state index in [1.54, 1.807) is 18.0 Å². The van der Waals surface area contributed by atoms with Crippen LogP contribution in [0.5, 0.6) is 5.75 Å². The molecule has 0 aromatic heterocycles. The Morgan fingerprint density at radius 3 is 2.56 bits per heavy atom. The average molecular weight is 243 g/mol. The molecule has 0 saturated heterocycles. The Balaban J connectivity index is 2.62. The minimum absolute atomic E-state index is 0.0187. The van der Waals surface area contributed by atoms with E-state index in [0.717, 1.165) is 16.3 Å². The Morgan fingerprint density at radius 1 is 1.22 bits per heavy atom.